The number of nitrogens with zero attached hydrogens (tertiary/aromatic N) is 4. The number of hydrogen-bond donors (Lipinski definition) is 2. The number of para-hydroxylation sites is 8. The minimum atomic E-state index is -1.46. The van der Waals surface area contributed by atoms with Gasteiger partial charge in [-0.2, -0.15) is 0 Å². The van der Waals surface area contributed by atoms with Gasteiger partial charge in [-0.1, -0.05) is 200 Å². The summed E-state index contributed by atoms with van der Waals surface area (Å²) < 4.78 is 10.4. The molecule has 0 atom stereocenters. The fourth-order valence-electron chi connectivity index (χ4n) is 11.8. The van der Waals surface area contributed by atoms with Gasteiger partial charge in [0.05, 0.1) is 44.1 Å². The van der Waals surface area contributed by atoms with Crippen LogP contribution in [0.15, 0.2) is 296 Å². The number of halogens is 1. The topological polar surface area (TPSA) is 60.2 Å². The molecule has 4 heterocycles. The molecule has 12 aromatic carbocycles. The maximum absolute atomic E-state index is 9.43. The van der Waals surface area contributed by atoms with E-state index in [1.54, 1.807) is 6.07 Å². The molecule has 0 saturated carbocycles. The van der Waals surface area contributed by atoms with Crippen molar-refractivity contribution in [2.24, 2.45) is 0 Å². The van der Waals surface area contributed by atoms with E-state index in [1.807, 2.05) is 62.4 Å². The lowest BCUT2D eigenvalue weighted by Crippen LogP contribution is -2.29. The van der Waals surface area contributed by atoms with Crippen molar-refractivity contribution in [2.75, 3.05) is 0 Å². The summed E-state index contributed by atoms with van der Waals surface area (Å²) in [5.74, 6) is 0. The minimum absolute atomic E-state index is 0.503. The molecule has 16 aromatic rings. The van der Waals surface area contributed by atoms with E-state index < -0.39 is 7.12 Å². The van der Waals surface area contributed by atoms with Crippen LogP contribution < -0.4 is 5.46 Å². The Hall–Kier alpha value is -9.70. The highest BCUT2D eigenvalue weighted by molar-refractivity contribution is 9.10. The van der Waals surface area contributed by atoms with Crippen LogP contribution in [0.25, 0.3) is 121 Å². The van der Waals surface area contributed by atoms with Crippen LogP contribution in [0.3, 0.4) is 0 Å². The van der Waals surface area contributed by atoms with Crippen LogP contribution in [0.5, 0.6) is 0 Å². The molecule has 0 unspecified atom stereocenters. The molecule has 6 nitrogen and oxygen atoms in total. The van der Waals surface area contributed by atoms with E-state index in [0.717, 1.165) is 32.0 Å². The van der Waals surface area contributed by atoms with Crippen LogP contribution in [0.4, 0.5) is 0 Å². The van der Waals surface area contributed by atoms with Gasteiger partial charge < -0.3 is 28.3 Å². The molecule has 82 heavy (non-hydrogen) atoms. The fraction of sp³-hybridized carbons (Fsp3) is 0.0270. The molecule has 0 spiro atoms. The van der Waals surface area contributed by atoms with Crippen molar-refractivity contribution in [3.63, 3.8) is 0 Å². The van der Waals surface area contributed by atoms with Crippen molar-refractivity contribution >= 4 is 116 Å². The Balaban J connectivity index is 0.000000122. The second-order valence-electron chi connectivity index (χ2n) is 20.0. The summed E-state index contributed by atoms with van der Waals surface area (Å²) in [5.41, 5.74) is 17.2. The van der Waals surface area contributed by atoms with Gasteiger partial charge in [0, 0.05) is 70.3 Å². The van der Waals surface area contributed by atoms with E-state index in [9.17, 15) is 10.0 Å². The average molecular weight is 1120 g/mol. The molecular weight excluding hydrogens is 1070 g/mol. The molecule has 0 radical (unpaired) electrons. The molecule has 16 rings (SSSR count). The van der Waals surface area contributed by atoms with Crippen LogP contribution in [-0.4, -0.2) is 35.4 Å². The molecule has 0 aliphatic heterocycles. The zero-order valence-corrected chi connectivity index (χ0v) is 46.9. The molecule has 0 amide bonds. The molecule has 0 saturated heterocycles. The van der Waals surface area contributed by atoms with Crippen LogP contribution >= 0.6 is 15.9 Å². The molecular formula is C74H56BBrN4O2. The van der Waals surface area contributed by atoms with Crippen molar-refractivity contribution in [3.05, 3.63) is 296 Å². The number of rotatable bonds is 6. The van der Waals surface area contributed by atoms with Crippen molar-refractivity contribution in [2.45, 2.75) is 13.8 Å². The Morgan fingerprint density at radius 3 is 0.841 bits per heavy atom. The van der Waals surface area contributed by atoms with Crippen LogP contribution in [0.2, 0.25) is 0 Å². The standard InChI is InChI=1S/C36H24N2.C18H14BNO2.C18H12BrN.C2H6/c1-3-11-27(12-4-1)37-33-17-9-7-15-29(33)31-23-25(19-21-35(31)37)26-20-22-36-32(24-26)30-16-8-10-18-34(30)38(36)28-13-5-2-6-14-28;21-19(22)13-10-11-18-16(12-13)15-8-4-5-9-17(15)20(18)14-6-2-1-3-7-14;19-13-10-11-18-16(12-13)15-8-4-5-9-17(15)20(18)14-6-2-1-3-7-14;1-2/h1-24H;1-12,21-22H;1-12H;1-2H3. The second-order valence-corrected chi connectivity index (χ2v) is 20.9. The first-order chi connectivity index (χ1) is 40.5. The smallest absolute Gasteiger partial charge is 0.423 e. The van der Waals surface area contributed by atoms with E-state index in [2.05, 4.69) is 271 Å². The van der Waals surface area contributed by atoms with E-state index >= 15 is 0 Å². The Bertz CT molecular complexity index is 4780. The van der Waals surface area contributed by atoms with Gasteiger partial charge in [-0.3, -0.25) is 0 Å². The Labute approximate surface area is 484 Å². The molecule has 0 bridgehead atoms. The van der Waals surface area contributed by atoms with E-state index in [-0.39, 0.29) is 0 Å². The van der Waals surface area contributed by atoms with Gasteiger partial charge in [0.1, 0.15) is 0 Å². The first-order valence-corrected chi connectivity index (χ1v) is 28.6. The number of benzene rings is 12. The summed E-state index contributed by atoms with van der Waals surface area (Å²) in [5, 5.41) is 28.6. The van der Waals surface area contributed by atoms with E-state index in [0.29, 0.717) is 5.46 Å². The zero-order chi connectivity index (χ0) is 55.7. The Kier molecular flexibility index (Phi) is 14.2. The predicted molar refractivity (Wildman–Crippen MR) is 351 cm³/mol. The molecule has 4 aromatic heterocycles. The summed E-state index contributed by atoms with van der Waals surface area (Å²) in [6, 6.07) is 102. The molecule has 0 aliphatic rings. The highest BCUT2D eigenvalue weighted by Gasteiger charge is 2.19. The predicted octanol–water partition coefficient (Wildman–Crippen LogP) is 18.6. The summed E-state index contributed by atoms with van der Waals surface area (Å²) in [6.45, 7) is 4.00. The van der Waals surface area contributed by atoms with Crippen molar-refractivity contribution in [1.29, 1.82) is 0 Å². The average Bonchev–Trinajstić information content (AvgIpc) is 4.44. The molecule has 394 valence electrons. The fourth-order valence-corrected chi connectivity index (χ4v) is 12.2. The molecule has 0 aliphatic carbocycles. The summed E-state index contributed by atoms with van der Waals surface area (Å²) in [7, 11) is -1.46. The SMILES string of the molecule is Brc1ccc2c(c1)c1ccccc1n2-c1ccccc1.CC.OB(O)c1ccc2c(c1)c1ccccc1n2-c1ccccc1.c1ccc(-n2c3ccccc3c3cc(-c4ccc5c(c4)c4ccccc4n5-c4ccccc4)ccc32)cc1. The van der Waals surface area contributed by atoms with Gasteiger partial charge in [-0.25, -0.2) is 0 Å². The second kappa shape index (κ2) is 22.4. The monoisotopic (exact) mass is 1120 g/mol. The van der Waals surface area contributed by atoms with Gasteiger partial charge in [0.15, 0.2) is 0 Å². The lowest BCUT2D eigenvalue weighted by Gasteiger charge is -2.09. The summed E-state index contributed by atoms with van der Waals surface area (Å²) in [4.78, 5) is 0. The maximum atomic E-state index is 9.43. The lowest BCUT2D eigenvalue weighted by atomic mass is 9.80. The summed E-state index contributed by atoms with van der Waals surface area (Å²) >= 11 is 3.57. The molecule has 0 fully saturated rings. The number of fused-ring (bicyclic) bond motifs is 12. The Morgan fingerprint density at radius 1 is 0.256 bits per heavy atom. The summed E-state index contributed by atoms with van der Waals surface area (Å²) in [6.07, 6.45) is 0. The van der Waals surface area contributed by atoms with Gasteiger partial charge in [-0.05, 0) is 138 Å². The lowest BCUT2D eigenvalue weighted by molar-refractivity contribution is 0.426. The van der Waals surface area contributed by atoms with Gasteiger partial charge in [0.25, 0.3) is 0 Å². The third-order valence-corrected chi connectivity index (χ3v) is 15.9. The van der Waals surface area contributed by atoms with E-state index in [1.165, 1.54) is 93.6 Å². The maximum Gasteiger partial charge on any atom is 0.488 e. The quantitative estimate of drug-likeness (QED) is 0.163. The minimum Gasteiger partial charge on any atom is -0.423 e. The number of hydrogen-bond acceptors (Lipinski definition) is 2. The molecule has 8 heteroatoms. The van der Waals surface area contributed by atoms with Gasteiger partial charge >= 0.3 is 7.12 Å². The highest BCUT2D eigenvalue weighted by atomic mass is 79.9. The van der Waals surface area contributed by atoms with Crippen molar-refractivity contribution in [3.8, 4) is 33.9 Å². The first-order valence-electron chi connectivity index (χ1n) is 27.8. The normalized spacial score (nSPS) is 11.2. The zero-order valence-electron chi connectivity index (χ0n) is 45.4. The Morgan fingerprint density at radius 2 is 0.512 bits per heavy atom. The van der Waals surface area contributed by atoms with Gasteiger partial charge in [-0.15, -0.1) is 0 Å². The van der Waals surface area contributed by atoms with Crippen molar-refractivity contribution < 1.29 is 10.0 Å². The molecule has 2 N–H and O–H groups in total. The van der Waals surface area contributed by atoms with Gasteiger partial charge in [0.2, 0.25) is 0 Å². The highest BCUT2D eigenvalue weighted by Crippen LogP contribution is 2.39. The van der Waals surface area contributed by atoms with Crippen LogP contribution in [-0.2, 0) is 0 Å². The largest absolute Gasteiger partial charge is 0.488 e. The van der Waals surface area contributed by atoms with Crippen LogP contribution in [0.1, 0.15) is 13.8 Å². The van der Waals surface area contributed by atoms with Crippen molar-refractivity contribution in [1.82, 2.24) is 18.3 Å². The van der Waals surface area contributed by atoms with Crippen LogP contribution in [0, 0.1) is 0 Å². The third kappa shape index (κ3) is 9.32. The van der Waals surface area contributed by atoms with E-state index in [4.69, 9.17) is 0 Å². The first kappa shape index (κ1) is 51.7. The number of aromatic nitrogens is 4. The third-order valence-electron chi connectivity index (χ3n) is 15.4.